The Morgan fingerprint density at radius 1 is 0.941 bits per heavy atom. The van der Waals surface area contributed by atoms with E-state index in [4.69, 9.17) is 10.00 Å². The van der Waals surface area contributed by atoms with E-state index in [2.05, 4.69) is 11.4 Å². The third kappa shape index (κ3) is 5.45. The summed E-state index contributed by atoms with van der Waals surface area (Å²) in [6.45, 7) is 2.16. The Labute approximate surface area is 199 Å². The van der Waals surface area contributed by atoms with Gasteiger partial charge < -0.3 is 10.1 Å². The van der Waals surface area contributed by atoms with E-state index >= 15 is 0 Å². The van der Waals surface area contributed by atoms with Crippen LogP contribution in [-0.4, -0.2) is 37.8 Å². The van der Waals surface area contributed by atoms with Crippen molar-refractivity contribution >= 4 is 21.6 Å². The van der Waals surface area contributed by atoms with Crippen molar-refractivity contribution in [3.8, 4) is 22.9 Å². The summed E-state index contributed by atoms with van der Waals surface area (Å²) in [5, 5.41) is 11.6. The Morgan fingerprint density at radius 3 is 2.03 bits per heavy atom. The van der Waals surface area contributed by atoms with Crippen LogP contribution >= 0.6 is 0 Å². The van der Waals surface area contributed by atoms with Gasteiger partial charge in [0.05, 0.1) is 16.5 Å². The van der Waals surface area contributed by atoms with E-state index in [-0.39, 0.29) is 16.9 Å². The third-order valence-electron chi connectivity index (χ3n) is 5.72. The number of amides is 1. The number of piperidine rings is 1. The molecule has 0 aromatic heterocycles. The molecule has 0 bridgehead atoms. The average Bonchev–Trinajstić information content (AvgIpc) is 2.85. The Balaban J connectivity index is 1.33. The molecule has 0 radical (unpaired) electrons. The monoisotopic (exact) mass is 475 g/mol. The van der Waals surface area contributed by atoms with E-state index in [1.54, 1.807) is 24.3 Å². The van der Waals surface area contributed by atoms with Crippen molar-refractivity contribution in [1.29, 1.82) is 5.26 Å². The molecule has 174 valence electrons. The number of nitrogens with one attached hydrogen (secondary N) is 1. The zero-order valence-corrected chi connectivity index (χ0v) is 19.6. The van der Waals surface area contributed by atoms with Crippen molar-refractivity contribution in [1.82, 2.24) is 4.31 Å². The number of nitriles is 1. The third-order valence-corrected chi connectivity index (χ3v) is 7.63. The molecular weight excluding hydrogens is 450 g/mol. The number of carbonyl (C=O) groups excluding carboxylic acids is 1. The number of anilines is 1. The lowest BCUT2D eigenvalue weighted by atomic mass is 10.0. The van der Waals surface area contributed by atoms with Crippen LogP contribution in [0.2, 0.25) is 0 Å². The maximum absolute atomic E-state index is 13.0. The maximum Gasteiger partial charge on any atom is 0.243 e. The molecule has 1 aliphatic rings. The lowest BCUT2D eigenvalue weighted by Gasteiger charge is -2.31. The van der Waals surface area contributed by atoms with E-state index in [0.717, 1.165) is 16.9 Å². The minimum absolute atomic E-state index is 0.0608. The fourth-order valence-corrected chi connectivity index (χ4v) is 5.38. The van der Waals surface area contributed by atoms with Crippen molar-refractivity contribution in [3.63, 3.8) is 0 Å². The van der Waals surface area contributed by atoms with Gasteiger partial charge in [-0.2, -0.15) is 9.57 Å². The topological polar surface area (TPSA) is 99.5 Å². The molecular formula is C26H25N3O4S. The predicted molar refractivity (Wildman–Crippen MR) is 130 cm³/mol. The van der Waals surface area contributed by atoms with Gasteiger partial charge in [0, 0.05) is 25.7 Å². The average molecular weight is 476 g/mol. The standard InChI is InChI=1S/C26H25N3O4S/c1-19(30)28-23-8-12-26(13-9-23)34(31,32)29-16-14-25(15-17-29)33-24-10-6-22(7-11-24)21-4-2-20(18-27)3-5-21/h2-13,25H,14-17H2,1H3,(H,28,30). The molecule has 8 heteroatoms. The quantitative estimate of drug-likeness (QED) is 0.569. The van der Waals surface area contributed by atoms with E-state index in [1.807, 2.05) is 36.4 Å². The van der Waals surface area contributed by atoms with Crippen LogP contribution in [0, 0.1) is 11.3 Å². The van der Waals surface area contributed by atoms with Crippen molar-refractivity contribution in [2.75, 3.05) is 18.4 Å². The molecule has 3 aromatic carbocycles. The summed E-state index contributed by atoms with van der Waals surface area (Å²) < 4.78 is 33.5. The van der Waals surface area contributed by atoms with Gasteiger partial charge in [0.25, 0.3) is 0 Å². The predicted octanol–water partition coefficient (Wildman–Crippen LogP) is 4.42. The summed E-state index contributed by atoms with van der Waals surface area (Å²) in [5.74, 6) is 0.536. The number of hydrogen-bond donors (Lipinski definition) is 1. The molecule has 1 aliphatic heterocycles. The lowest BCUT2D eigenvalue weighted by molar-refractivity contribution is -0.114. The summed E-state index contributed by atoms with van der Waals surface area (Å²) >= 11 is 0. The van der Waals surface area contributed by atoms with Crippen LogP contribution in [0.25, 0.3) is 11.1 Å². The molecule has 1 heterocycles. The smallest absolute Gasteiger partial charge is 0.243 e. The summed E-state index contributed by atoms with van der Waals surface area (Å²) in [4.78, 5) is 11.4. The van der Waals surface area contributed by atoms with Gasteiger partial charge in [0.2, 0.25) is 15.9 Å². The van der Waals surface area contributed by atoms with E-state index in [9.17, 15) is 13.2 Å². The SMILES string of the molecule is CC(=O)Nc1ccc(S(=O)(=O)N2CCC(Oc3ccc(-c4ccc(C#N)cc4)cc3)CC2)cc1. The molecule has 1 saturated heterocycles. The van der Waals surface area contributed by atoms with Crippen molar-refractivity contribution in [2.45, 2.75) is 30.8 Å². The van der Waals surface area contributed by atoms with Crippen LogP contribution in [0.1, 0.15) is 25.3 Å². The van der Waals surface area contributed by atoms with Crippen LogP contribution in [0.3, 0.4) is 0 Å². The number of sulfonamides is 1. The fourth-order valence-electron chi connectivity index (χ4n) is 3.91. The van der Waals surface area contributed by atoms with Crippen molar-refractivity contribution < 1.29 is 17.9 Å². The van der Waals surface area contributed by atoms with Crippen molar-refractivity contribution in [3.05, 3.63) is 78.4 Å². The minimum atomic E-state index is -3.60. The zero-order valence-electron chi connectivity index (χ0n) is 18.8. The summed E-state index contributed by atoms with van der Waals surface area (Å²) in [5.41, 5.74) is 3.24. The van der Waals surface area contributed by atoms with Crippen LogP contribution in [0.4, 0.5) is 5.69 Å². The molecule has 0 spiro atoms. The molecule has 0 unspecified atom stereocenters. The number of hydrogen-bond acceptors (Lipinski definition) is 5. The molecule has 1 amide bonds. The molecule has 1 fully saturated rings. The molecule has 4 rings (SSSR count). The second kappa shape index (κ2) is 10.1. The number of ether oxygens (including phenoxy) is 1. The van der Waals surface area contributed by atoms with Crippen LogP contribution < -0.4 is 10.1 Å². The van der Waals surface area contributed by atoms with Crippen molar-refractivity contribution in [2.24, 2.45) is 0 Å². The Bertz CT molecular complexity index is 1290. The van der Waals surface area contributed by atoms with Gasteiger partial charge in [-0.1, -0.05) is 24.3 Å². The first kappa shape index (κ1) is 23.5. The van der Waals surface area contributed by atoms with Gasteiger partial charge in [-0.15, -0.1) is 0 Å². The van der Waals surface area contributed by atoms with Gasteiger partial charge in [-0.3, -0.25) is 4.79 Å². The highest BCUT2D eigenvalue weighted by atomic mass is 32.2. The summed E-state index contributed by atoms with van der Waals surface area (Å²) in [7, 11) is -3.60. The van der Waals surface area contributed by atoms with Gasteiger partial charge in [0.1, 0.15) is 11.9 Å². The molecule has 0 aliphatic carbocycles. The normalized spacial score (nSPS) is 14.8. The highest BCUT2D eigenvalue weighted by molar-refractivity contribution is 7.89. The maximum atomic E-state index is 13.0. The van der Waals surface area contributed by atoms with Gasteiger partial charge >= 0.3 is 0 Å². The molecule has 3 aromatic rings. The molecule has 34 heavy (non-hydrogen) atoms. The minimum Gasteiger partial charge on any atom is -0.490 e. The lowest BCUT2D eigenvalue weighted by Crippen LogP contribution is -2.41. The van der Waals surface area contributed by atoms with Crippen LogP contribution in [0.15, 0.2) is 77.7 Å². The molecule has 1 N–H and O–H groups in total. The Hall–Kier alpha value is -3.67. The molecule has 7 nitrogen and oxygen atoms in total. The number of carbonyl (C=O) groups is 1. The summed E-state index contributed by atoms with van der Waals surface area (Å²) in [6.07, 6.45) is 1.13. The van der Waals surface area contributed by atoms with E-state index in [0.29, 0.717) is 37.2 Å². The first-order chi connectivity index (χ1) is 16.3. The highest BCUT2D eigenvalue weighted by Crippen LogP contribution is 2.27. The zero-order chi connectivity index (χ0) is 24.1. The van der Waals surface area contributed by atoms with Gasteiger partial charge in [-0.05, 0) is 72.5 Å². The summed E-state index contributed by atoms with van der Waals surface area (Å²) in [6, 6.07) is 23.5. The molecule has 0 atom stereocenters. The highest BCUT2D eigenvalue weighted by Gasteiger charge is 2.30. The molecule has 0 saturated carbocycles. The first-order valence-electron chi connectivity index (χ1n) is 11.0. The second-order valence-corrected chi connectivity index (χ2v) is 10.1. The number of benzene rings is 3. The van der Waals surface area contributed by atoms with E-state index < -0.39 is 10.0 Å². The van der Waals surface area contributed by atoms with Crippen LogP contribution in [0.5, 0.6) is 5.75 Å². The fraction of sp³-hybridized carbons (Fsp3) is 0.231. The first-order valence-corrected chi connectivity index (χ1v) is 12.4. The van der Waals surface area contributed by atoms with E-state index in [1.165, 1.54) is 23.4 Å². The van der Waals surface area contributed by atoms with Gasteiger partial charge in [-0.25, -0.2) is 8.42 Å². The largest absolute Gasteiger partial charge is 0.490 e. The number of nitrogens with zero attached hydrogens (tertiary/aromatic N) is 2. The Morgan fingerprint density at radius 2 is 1.50 bits per heavy atom. The number of rotatable bonds is 6. The Kier molecular flexibility index (Phi) is 6.96. The van der Waals surface area contributed by atoms with Crippen LogP contribution in [-0.2, 0) is 14.8 Å². The van der Waals surface area contributed by atoms with Gasteiger partial charge in [0.15, 0.2) is 0 Å². The second-order valence-electron chi connectivity index (χ2n) is 8.14.